The second kappa shape index (κ2) is 6.87. The van der Waals surface area contributed by atoms with Crippen molar-refractivity contribution in [3.8, 4) is 5.75 Å². The molecule has 2 heterocycles. The Morgan fingerprint density at radius 1 is 1.17 bits per heavy atom. The highest BCUT2D eigenvalue weighted by atomic mass is 32.2. The van der Waals surface area contributed by atoms with Crippen LogP contribution in [0.3, 0.4) is 0 Å². The predicted octanol–water partition coefficient (Wildman–Crippen LogP) is 3.44. The van der Waals surface area contributed by atoms with Crippen LogP contribution in [-0.2, 0) is 11.5 Å². The zero-order chi connectivity index (χ0) is 16.2. The number of pyridine rings is 1. The van der Waals surface area contributed by atoms with E-state index in [0.717, 1.165) is 28.3 Å². The van der Waals surface area contributed by atoms with Gasteiger partial charge in [0, 0.05) is 29.3 Å². The minimum atomic E-state index is -0.0356. The minimum absolute atomic E-state index is 0.0356. The van der Waals surface area contributed by atoms with Crippen LogP contribution in [0.5, 0.6) is 5.75 Å². The first kappa shape index (κ1) is 15.6. The molecule has 0 bridgehead atoms. The topological polar surface area (TPSA) is 43.6 Å². The third-order valence-electron chi connectivity index (χ3n) is 3.56. The highest BCUT2D eigenvalue weighted by Gasteiger charge is 2.05. The lowest BCUT2D eigenvalue weighted by molar-refractivity contribution is 0.411. The van der Waals surface area contributed by atoms with Crippen molar-refractivity contribution in [2.24, 2.45) is 0 Å². The van der Waals surface area contributed by atoms with Crippen molar-refractivity contribution in [3.05, 3.63) is 75.8 Å². The van der Waals surface area contributed by atoms with Gasteiger partial charge < -0.3 is 4.74 Å². The Hall–Kier alpha value is -2.27. The van der Waals surface area contributed by atoms with E-state index in [9.17, 15) is 4.79 Å². The van der Waals surface area contributed by atoms with Crippen molar-refractivity contribution in [1.29, 1.82) is 0 Å². The third-order valence-corrected chi connectivity index (χ3v) is 4.58. The summed E-state index contributed by atoms with van der Waals surface area (Å²) in [5, 5.41) is 0. The van der Waals surface area contributed by atoms with E-state index >= 15 is 0 Å². The SMILES string of the molecule is COc1ccccc1CSCc1cc(=O)n2cc(C)ccc2n1. The van der Waals surface area contributed by atoms with Crippen molar-refractivity contribution in [3.63, 3.8) is 0 Å². The highest BCUT2D eigenvalue weighted by molar-refractivity contribution is 7.97. The number of para-hydroxylation sites is 1. The molecule has 23 heavy (non-hydrogen) atoms. The molecule has 0 aliphatic heterocycles. The van der Waals surface area contributed by atoms with Gasteiger partial charge in [-0.1, -0.05) is 24.3 Å². The normalized spacial score (nSPS) is 10.9. The predicted molar refractivity (Wildman–Crippen MR) is 94.2 cm³/mol. The highest BCUT2D eigenvalue weighted by Crippen LogP contribution is 2.24. The number of methoxy groups -OCH3 is 1. The minimum Gasteiger partial charge on any atom is -0.496 e. The molecule has 0 fully saturated rings. The van der Waals surface area contributed by atoms with Crippen LogP contribution >= 0.6 is 11.8 Å². The lowest BCUT2D eigenvalue weighted by atomic mass is 10.2. The first-order chi connectivity index (χ1) is 11.2. The van der Waals surface area contributed by atoms with E-state index in [1.165, 1.54) is 0 Å². The largest absolute Gasteiger partial charge is 0.496 e. The summed E-state index contributed by atoms with van der Waals surface area (Å²) >= 11 is 1.72. The fourth-order valence-corrected chi connectivity index (χ4v) is 3.34. The number of thioether (sulfide) groups is 1. The summed E-state index contributed by atoms with van der Waals surface area (Å²) in [6.45, 7) is 1.96. The van der Waals surface area contributed by atoms with Gasteiger partial charge in [-0.15, -0.1) is 0 Å². The van der Waals surface area contributed by atoms with Crippen LogP contribution in [0.25, 0.3) is 5.65 Å². The van der Waals surface area contributed by atoms with Crippen molar-refractivity contribution in [2.75, 3.05) is 7.11 Å². The third kappa shape index (κ3) is 3.56. The lowest BCUT2D eigenvalue weighted by Crippen LogP contribution is -2.15. The molecule has 0 radical (unpaired) electrons. The van der Waals surface area contributed by atoms with Gasteiger partial charge in [0.1, 0.15) is 11.4 Å². The van der Waals surface area contributed by atoms with Crippen LogP contribution in [0.1, 0.15) is 16.8 Å². The standard InChI is InChI=1S/C18H18N2O2S/c1-13-7-8-17-19-15(9-18(21)20(17)10-13)12-23-11-14-5-3-4-6-16(14)22-2/h3-10H,11-12H2,1-2H3. The maximum Gasteiger partial charge on any atom is 0.258 e. The van der Waals surface area contributed by atoms with Gasteiger partial charge in [0.05, 0.1) is 12.8 Å². The quantitative estimate of drug-likeness (QED) is 0.720. The Balaban J connectivity index is 1.75. The number of fused-ring (bicyclic) bond motifs is 1. The number of rotatable bonds is 5. The average Bonchev–Trinajstić information content (AvgIpc) is 2.56. The molecule has 3 rings (SSSR count). The van der Waals surface area contributed by atoms with E-state index in [4.69, 9.17) is 4.74 Å². The number of benzene rings is 1. The van der Waals surface area contributed by atoms with Gasteiger partial charge in [-0.3, -0.25) is 9.20 Å². The number of hydrogen-bond acceptors (Lipinski definition) is 4. The molecule has 5 heteroatoms. The lowest BCUT2D eigenvalue weighted by Gasteiger charge is -2.08. The van der Waals surface area contributed by atoms with E-state index in [1.807, 2.05) is 43.5 Å². The van der Waals surface area contributed by atoms with E-state index in [-0.39, 0.29) is 5.56 Å². The zero-order valence-corrected chi connectivity index (χ0v) is 14.0. The van der Waals surface area contributed by atoms with Gasteiger partial charge in [0.25, 0.3) is 5.56 Å². The Morgan fingerprint density at radius 2 is 2.00 bits per heavy atom. The Morgan fingerprint density at radius 3 is 2.83 bits per heavy atom. The molecule has 0 atom stereocenters. The number of nitrogens with zero attached hydrogens (tertiary/aromatic N) is 2. The van der Waals surface area contributed by atoms with Gasteiger partial charge in [0.2, 0.25) is 0 Å². The molecule has 3 aromatic rings. The summed E-state index contributed by atoms with van der Waals surface area (Å²) in [6.07, 6.45) is 1.82. The van der Waals surface area contributed by atoms with Crippen molar-refractivity contribution < 1.29 is 4.74 Å². The maximum atomic E-state index is 12.2. The molecular weight excluding hydrogens is 308 g/mol. The molecule has 0 spiro atoms. The summed E-state index contributed by atoms with van der Waals surface area (Å²) < 4.78 is 6.94. The van der Waals surface area contributed by atoms with Gasteiger partial charge in [-0.25, -0.2) is 4.98 Å². The average molecular weight is 326 g/mol. The summed E-state index contributed by atoms with van der Waals surface area (Å²) in [4.78, 5) is 16.7. The molecule has 1 aromatic carbocycles. The first-order valence-electron chi connectivity index (χ1n) is 7.36. The van der Waals surface area contributed by atoms with Crippen LogP contribution < -0.4 is 10.3 Å². The fraction of sp³-hybridized carbons (Fsp3) is 0.222. The van der Waals surface area contributed by atoms with Crippen molar-refractivity contribution >= 4 is 17.4 Å². The first-order valence-corrected chi connectivity index (χ1v) is 8.51. The summed E-state index contributed by atoms with van der Waals surface area (Å²) in [5.41, 5.74) is 3.65. The van der Waals surface area contributed by atoms with E-state index in [2.05, 4.69) is 11.1 Å². The van der Waals surface area contributed by atoms with Crippen LogP contribution in [0, 0.1) is 6.92 Å². The van der Waals surface area contributed by atoms with Crippen molar-refractivity contribution in [2.45, 2.75) is 18.4 Å². The monoisotopic (exact) mass is 326 g/mol. The fourth-order valence-electron chi connectivity index (χ4n) is 2.42. The number of aryl methyl sites for hydroxylation is 1. The molecule has 4 nitrogen and oxygen atoms in total. The second-order valence-corrected chi connectivity index (χ2v) is 6.31. The number of hydrogen-bond donors (Lipinski definition) is 0. The van der Waals surface area contributed by atoms with Crippen LogP contribution in [0.2, 0.25) is 0 Å². The number of aromatic nitrogens is 2. The molecular formula is C18H18N2O2S. The van der Waals surface area contributed by atoms with E-state index < -0.39 is 0 Å². The Labute approximate surface area is 139 Å². The van der Waals surface area contributed by atoms with E-state index in [0.29, 0.717) is 11.4 Å². The zero-order valence-electron chi connectivity index (χ0n) is 13.2. The van der Waals surface area contributed by atoms with Crippen LogP contribution in [-0.4, -0.2) is 16.5 Å². The van der Waals surface area contributed by atoms with Gasteiger partial charge >= 0.3 is 0 Å². The summed E-state index contributed by atoms with van der Waals surface area (Å²) in [7, 11) is 1.68. The molecule has 0 aliphatic carbocycles. The van der Waals surface area contributed by atoms with Gasteiger partial charge in [-0.05, 0) is 24.6 Å². The summed E-state index contributed by atoms with van der Waals surface area (Å²) in [6, 6.07) is 13.4. The summed E-state index contributed by atoms with van der Waals surface area (Å²) in [5.74, 6) is 2.40. The molecule has 2 aromatic heterocycles. The van der Waals surface area contributed by atoms with Crippen LogP contribution in [0.4, 0.5) is 0 Å². The molecule has 0 aliphatic rings. The second-order valence-electron chi connectivity index (χ2n) is 5.33. The Kier molecular flexibility index (Phi) is 4.67. The van der Waals surface area contributed by atoms with Crippen molar-refractivity contribution in [1.82, 2.24) is 9.38 Å². The maximum absolute atomic E-state index is 12.2. The van der Waals surface area contributed by atoms with Crippen LogP contribution in [0.15, 0.2) is 53.5 Å². The van der Waals surface area contributed by atoms with E-state index in [1.54, 1.807) is 29.3 Å². The number of ether oxygens (including phenoxy) is 1. The molecule has 118 valence electrons. The molecule has 0 unspecified atom stereocenters. The Bertz CT molecular complexity index is 890. The molecule has 0 saturated carbocycles. The van der Waals surface area contributed by atoms with Gasteiger partial charge in [0.15, 0.2) is 0 Å². The molecule has 0 saturated heterocycles. The molecule has 0 N–H and O–H groups in total. The van der Waals surface area contributed by atoms with Gasteiger partial charge in [-0.2, -0.15) is 11.8 Å². The molecule has 0 amide bonds. The smallest absolute Gasteiger partial charge is 0.258 e.